The Morgan fingerprint density at radius 3 is 0.916 bits per heavy atom. The van der Waals surface area contributed by atoms with Gasteiger partial charge in [-0.1, -0.05) is 109 Å². The van der Waals surface area contributed by atoms with Gasteiger partial charge in [-0.2, -0.15) is 35.7 Å². The molecule has 8 heterocycles. The van der Waals surface area contributed by atoms with Crippen LogP contribution in [0, 0.1) is 41.5 Å². The topological polar surface area (TPSA) is 367 Å². The van der Waals surface area contributed by atoms with Gasteiger partial charge in [-0.3, -0.25) is 40.3 Å². The molecule has 34 heteroatoms. The summed E-state index contributed by atoms with van der Waals surface area (Å²) in [6.07, 6.45) is 19.9. The lowest BCUT2D eigenvalue weighted by Crippen LogP contribution is -2.30. The first-order chi connectivity index (χ1) is 69.5. The number of benzene rings is 8. The van der Waals surface area contributed by atoms with Crippen molar-refractivity contribution in [2.24, 2.45) is 21.1 Å². The molecule has 2 aliphatic carbocycles. The van der Waals surface area contributed by atoms with Gasteiger partial charge in [-0.25, -0.2) is 37.9 Å². The third kappa shape index (κ3) is 26.1. The van der Waals surface area contributed by atoms with Gasteiger partial charge in [0.25, 0.3) is 0 Å². The minimum absolute atomic E-state index is 0.244. The largest absolute Gasteiger partial charge is 0.494 e. The van der Waals surface area contributed by atoms with Gasteiger partial charge in [0.05, 0.1) is 92.3 Å². The molecule has 2 saturated carbocycles. The third-order valence-corrected chi connectivity index (χ3v) is 24.3. The highest BCUT2D eigenvalue weighted by molar-refractivity contribution is 5.94. The van der Waals surface area contributed by atoms with Gasteiger partial charge < -0.3 is 54.4 Å². The maximum Gasteiger partial charge on any atom is 0.320 e. The second-order valence-electron chi connectivity index (χ2n) is 35.0. The molecule has 0 atom stereocenters. The number of hydrogen-bond acceptors (Lipinski definition) is 19. The number of hydrogen-bond donors (Lipinski definition) is 8. The molecule has 0 saturated heterocycles. The highest BCUT2D eigenvalue weighted by Crippen LogP contribution is 2.38. The van der Waals surface area contributed by atoms with Crippen molar-refractivity contribution in [2.45, 2.75) is 152 Å². The average molecular weight is 1930 g/mol. The van der Waals surface area contributed by atoms with Crippen molar-refractivity contribution in [2.75, 3.05) is 56.3 Å². The molecule has 143 heavy (non-hydrogen) atoms. The van der Waals surface area contributed by atoms with E-state index in [-0.39, 0.29) is 36.3 Å². The highest BCUT2D eigenvalue weighted by Gasteiger charge is 2.29. The van der Waals surface area contributed by atoms with Crippen LogP contribution in [0.3, 0.4) is 0 Å². The number of carbonyl (C=O) groups excluding carboxylic acids is 4. The van der Waals surface area contributed by atoms with E-state index in [4.69, 9.17) is 53.6 Å². The number of methoxy groups -OCH3 is 4. The van der Waals surface area contributed by atoms with Crippen LogP contribution in [0.15, 0.2) is 250 Å². The Kier molecular flexibility index (Phi) is 34.3. The van der Waals surface area contributed by atoms with Gasteiger partial charge in [0.2, 0.25) is 0 Å². The lowest BCUT2D eigenvalue weighted by atomic mass is 9.96. The quantitative estimate of drug-likeness (QED) is 0.0186. The molecule has 0 spiro atoms. The summed E-state index contributed by atoms with van der Waals surface area (Å²) >= 11 is 0. The van der Waals surface area contributed by atoms with Crippen molar-refractivity contribution < 1.29 is 52.3 Å². The van der Waals surface area contributed by atoms with Gasteiger partial charge in [-0.05, 0) is 217 Å². The van der Waals surface area contributed by atoms with E-state index < -0.39 is 0 Å². The molecule has 0 radical (unpaired) electrons. The summed E-state index contributed by atoms with van der Waals surface area (Å²) < 4.78 is 51.4. The van der Waals surface area contributed by atoms with Crippen LogP contribution in [0.1, 0.15) is 123 Å². The minimum Gasteiger partial charge on any atom is -0.494 e. The van der Waals surface area contributed by atoms with Crippen LogP contribution in [0.25, 0.3) is 67.8 Å². The molecular weight excluding hydrogens is 1810 g/mol. The standard InChI is InChI=1S/C30H33N5O3.C28H32N6O3.C26H30N6O3.C25H28N6O2/c1-20-12-14-23(17-31-20)28-21(2)29(35(34-28)25-8-5-4-6-9-25)33-30(36)32-18-24-16-22(19-37-3)13-15-27(24)38-26-10-7-11-26;1-19-26(22-16-30-33(2)17-22)32-34(23-8-5-4-6-9-23)27(19)31-28(35)29-15-21-14-20(18-36-3)12-13-25(21)37-24-10-7-11-24;1-5-35-23-12-11-19(17-34-4)13-20(23)14-27-26(33)29-25-18(2)24(21-15-28-31(3)16-21)30-32(25)22-9-7-6-8-10-22;1-17-10-11-19(16-33-4)12-20(17)13-26-25(32)28-24-18(2)23(21-14-27-30(3)15-21)29-31(24)22-8-6-5-7-9-22/h4-6,8-9,12-17,26H,7,10-11,18-19H2,1-3H3,(H2,32,33,36);4-6,8-9,12-14,16-17,24H,7,10-11,15,18H2,1-3H3,(H2,29,31,35);6-13,15-16H,5,14,17H2,1-4H3,(H2,27,29,33);5-12,14-15H,13,16H2,1-4H3,(H2,26,28,32). The van der Waals surface area contributed by atoms with Crippen molar-refractivity contribution in [1.82, 2.24) is 94.7 Å². The number of anilines is 4. The van der Waals surface area contributed by atoms with Crippen molar-refractivity contribution >= 4 is 47.4 Å². The Morgan fingerprint density at radius 2 is 0.636 bits per heavy atom. The van der Waals surface area contributed by atoms with Crippen LogP contribution in [0.4, 0.5) is 42.4 Å². The SMILES string of the molecule is CCOc1ccc(COC)cc1CNC(=O)Nc1c(C)c(-c2cnn(C)c2)nn1-c1ccccc1.COCc1ccc(C)c(CNC(=O)Nc2c(C)c(-c3cnn(C)c3)nn2-c2ccccc2)c1.COCc1ccc(OC2CCC2)c(CNC(=O)Nc2c(C)c(-c3ccc(C)nc3)nn2-c2ccccc2)c1.COCc1ccc(OC2CCC2)c(CNC(=O)Nc2c(C)c(-c3cnn(C)c3)nn2-c2ccccc2)c1. The summed E-state index contributed by atoms with van der Waals surface area (Å²) in [4.78, 5) is 56.6. The number of ether oxygens (including phenoxy) is 7. The fraction of sp³-hybridized carbons (Fsp3) is 0.284. The zero-order valence-electron chi connectivity index (χ0n) is 83.1. The first-order valence-electron chi connectivity index (χ1n) is 47.5. The fourth-order valence-corrected chi connectivity index (χ4v) is 16.4. The van der Waals surface area contributed by atoms with Crippen LogP contribution in [-0.4, -0.2) is 145 Å². The molecule has 8 aromatic heterocycles. The summed E-state index contributed by atoms with van der Waals surface area (Å²) in [6, 6.07) is 65.5. The number of amides is 8. The van der Waals surface area contributed by atoms with Gasteiger partial charge in [0, 0.05) is 167 Å². The smallest absolute Gasteiger partial charge is 0.320 e. The Labute approximate surface area is 831 Å². The van der Waals surface area contributed by atoms with Gasteiger partial charge in [0.1, 0.15) is 57.6 Å². The van der Waals surface area contributed by atoms with E-state index in [9.17, 15) is 19.2 Å². The van der Waals surface area contributed by atoms with Crippen LogP contribution in [0.5, 0.6) is 17.2 Å². The number of aromatic nitrogens is 15. The molecule has 34 nitrogen and oxygen atoms in total. The second-order valence-corrected chi connectivity index (χ2v) is 35.0. The zero-order valence-corrected chi connectivity index (χ0v) is 83.1. The Hall–Kier alpha value is -16.3. The zero-order chi connectivity index (χ0) is 100. The molecule has 8 amide bonds. The Balaban J connectivity index is 0.000000144. The molecule has 8 N–H and O–H groups in total. The lowest BCUT2D eigenvalue weighted by Gasteiger charge is -2.27. The minimum atomic E-state index is -0.345. The van der Waals surface area contributed by atoms with E-state index in [1.807, 2.05) is 288 Å². The molecule has 8 aromatic carbocycles. The van der Waals surface area contributed by atoms with Crippen molar-refractivity contribution in [1.29, 1.82) is 0 Å². The monoisotopic (exact) mass is 1930 g/mol. The molecule has 0 bridgehead atoms. The van der Waals surface area contributed by atoms with Gasteiger partial charge in [-0.15, -0.1) is 0 Å². The number of pyridine rings is 1. The van der Waals surface area contributed by atoms with E-state index >= 15 is 0 Å². The van der Waals surface area contributed by atoms with Crippen molar-refractivity contribution in [3.63, 3.8) is 0 Å². The number of aryl methyl sites for hydroxylation is 5. The summed E-state index contributed by atoms with van der Waals surface area (Å²) in [5.74, 6) is 4.74. The van der Waals surface area contributed by atoms with Gasteiger partial charge in [0.15, 0.2) is 0 Å². The van der Waals surface area contributed by atoms with Crippen LogP contribution >= 0.6 is 0 Å². The highest BCUT2D eigenvalue weighted by atomic mass is 16.5. The Morgan fingerprint density at radius 1 is 0.343 bits per heavy atom. The molecular formula is C109H123N23O11. The molecule has 16 aromatic rings. The lowest BCUT2D eigenvalue weighted by molar-refractivity contribution is 0.118. The molecule has 0 unspecified atom stereocenters. The number of urea groups is 4. The maximum absolute atomic E-state index is 13.2. The molecule has 740 valence electrons. The maximum atomic E-state index is 13.2. The summed E-state index contributed by atoms with van der Waals surface area (Å²) in [5, 5.41) is 56.0. The van der Waals surface area contributed by atoms with Crippen molar-refractivity contribution in [3.8, 4) is 85.0 Å². The predicted octanol–water partition coefficient (Wildman–Crippen LogP) is 19.7. The number of carbonyl (C=O) groups is 4. The summed E-state index contributed by atoms with van der Waals surface area (Å²) in [7, 11) is 12.2. The number of rotatable bonds is 34. The summed E-state index contributed by atoms with van der Waals surface area (Å²) in [5.41, 5.74) is 23.3. The molecule has 0 aliphatic heterocycles. The van der Waals surface area contributed by atoms with Gasteiger partial charge >= 0.3 is 24.1 Å². The Bertz CT molecular complexity index is 6980. The van der Waals surface area contributed by atoms with E-state index in [2.05, 4.69) is 68.9 Å². The second kappa shape index (κ2) is 48.5. The van der Waals surface area contributed by atoms with Crippen molar-refractivity contribution in [3.05, 3.63) is 328 Å². The number of nitrogens with zero attached hydrogens (tertiary/aromatic N) is 15. The predicted molar refractivity (Wildman–Crippen MR) is 552 cm³/mol. The van der Waals surface area contributed by atoms with E-state index in [1.54, 1.807) is 86.0 Å². The first-order valence-corrected chi connectivity index (χ1v) is 47.5. The molecule has 2 fully saturated rings. The van der Waals surface area contributed by atoms with Crippen LogP contribution < -0.4 is 56.7 Å². The number of nitrogens with one attached hydrogen (secondary N) is 8. The third-order valence-electron chi connectivity index (χ3n) is 24.3. The van der Waals surface area contributed by atoms with E-state index in [1.165, 1.54) is 12.8 Å². The van der Waals surface area contributed by atoms with Crippen LogP contribution in [-0.2, 0) is 92.7 Å². The van der Waals surface area contributed by atoms with E-state index in [0.717, 1.165) is 189 Å². The first kappa shape index (κ1) is 101. The number of para-hydroxylation sites is 4. The molecule has 2 aliphatic rings. The average Bonchev–Trinajstić information content (AvgIpc) is 1.64. The normalized spacial score (nSPS) is 12.1. The van der Waals surface area contributed by atoms with E-state index in [0.29, 0.717) is 82.5 Å². The van der Waals surface area contributed by atoms with Crippen LogP contribution in [0.2, 0.25) is 0 Å². The summed E-state index contributed by atoms with van der Waals surface area (Å²) in [6.45, 7) is 17.6. The molecule has 18 rings (SSSR count). The fourth-order valence-electron chi connectivity index (χ4n) is 16.4.